The van der Waals surface area contributed by atoms with Crippen LogP contribution in [0.5, 0.6) is 11.5 Å². The maximum absolute atomic E-state index is 12.6. The van der Waals surface area contributed by atoms with Gasteiger partial charge in [0.25, 0.3) is 0 Å². The molecule has 2 aromatic carbocycles. The van der Waals surface area contributed by atoms with Gasteiger partial charge in [-0.1, -0.05) is 16.8 Å². The van der Waals surface area contributed by atoms with Crippen LogP contribution in [0.2, 0.25) is 5.02 Å². The predicted octanol–water partition coefficient (Wildman–Crippen LogP) is 3.39. The van der Waals surface area contributed by atoms with Gasteiger partial charge >= 0.3 is 0 Å². The fraction of sp³-hybridized carbons (Fsp3) is 0.227. The lowest BCUT2D eigenvalue weighted by molar-refractivity contribution is -0.126. The van der Waals surface area contributed by atoms with Crippen molar-refractivity contribution >= 4 is 29.1 Å². The molecule has 2 aliphatic heterocycles. The van der Waals surface area contributed by atoms with E-state index in [1.807, 2.05) is 18.2 Å². The molecule has 2 aliphatic rings. The summed E-state index contributed by atoms with van der Waals surface area (Å²) in [6, 6.07) is 14.2. The maximum Gasteiger partial charge on any atom is 0.231 e. The lowest BCUT2D eigenvalue weighted by atomic mass is 10.1. The number of carbonyl (C=O) groups excluding carboxylic acids is 2. The molecule has 1 aromatic heterocycles. The molecule has 0 spiro atoms. The fourth-order valence-electron chi connectivity index (χ4n) is 3.66. The van der Waals surface area contributed by atoms with Crippen LogP contribution in [-0.2, 0) is 16.1 Å². The molecule has 8 nitrogen and oxygen atoms in total. The first kappa shape index (κ1) is 19.4. The van der Waals surface area contributed by atoms with Crippen LogP contribution in [0.1, 0.15) is 12.1 Å². The molecule has 1 fully saturated rings. The summed E-state index contributed by atoms with van der Waals surface area (Å²) in [6.07, 6.45) is 0.162. The average Bonchev–Trinajstić information content (AvgIpc) is 3.51. The van der Waals surface area contributed by atoms with Gasteiger partial charge < -0.3 is 24.2 Å². The van der Waals surface area contributed by atoms with Crippen LogP contribution >= 0.6 is 11.6 Å². The lowest BCUT2D eigenvalue weighted by Crippen LogP contribution is -2.32. The van der Waals surface area contributed by atoms with Crippen molar-refractivity contribution in [2.24, 2.45) is 5.92 Å². The van der Waals surface area contributed by atoms with E-state index < -0.39 is 5.92 Å². The van der Waals surface area contributed by atoms with Gasteiger partial charge in [0.05, 0.1) is 12.5 Å². The highest BCUT2D eigenvalue weighted by atomic mass is 35.5. The monoisotopic (exact) mass is 439 g/mol. The second kappa shape index (κ2) is 7.96. The summed E-state index contributed by atoms with van der Waals surface area (Å²) in [5, 5.41) is 7.46. The third-order valence-electron chi connectivity index (χ3n) is 5.29. The number of nitrogens with one attached hydrogen (secondary N) is 1. The fourth-order valence-corrected chi connectivity index (χ4v) is 3.78. The van der Waals surface area contributed by atoms with Gasteiger partial charge in [-0.25, -0.2) is 0 Å². The first-order valence-corrected chi connectivity index (χ1v) is 10.1. The van der Waals surface area contributed by atoms with Gasteiger partial charge in [-0.2, -0.15) is 0 Å². The van der Waals surface area contributed by atoms with E-state index in [9.17, 15) is 9.59 Å². The normalized spacial score (nSPS) is 17.3. The minimum absolute atomic E-state index is 0.0889. The van der Waals surface area contributed by atoms with Gasteiger partial charge in [0, 0.05) is 35.3 Å². The number of carbonyl (C=O) groups is 2. The molecule has 3 heterocycles. The summed E-state index contributed by atoms with van der Waals surface area (Å²) in [4.78, 5) is 26.6. The number of nitrogens with zero attached hydrogens (tertiary/aromatic N) is 2. The Labute approximate surface area is 182 Å². The maximum atomic E-state index is 12.6. The van der Waals surface area contributed by atoms with Crippen molar-refractivity contribution in [3.8, 4) is 22.8 Å². The first-order chi connectivity index (χ1) is 15.1. The lowest BCUT2D eigenvalue weighted by Gasteiger charge is -2.16. The third kappa shape index (κ3) is 3.94. The number of amides is 2. The van der Waals surface area contributed by atoms with E-state index in [4.69, 9.17) is 25.6 Å². The van der Waals surface area contributed by atoms with E-state index in [1.165, 1.54) is 0 Å². The van der Waals surface area contributed by atoms with Gasteiger partial charge in [0.1, 0.15) is 5.69 Å². The Morgan fingerprint density at radius 2 is 1.94 bits per heavy atom. The summed E-state index contributed by atoms with van der Waals surface area (Å²) in [7, 11) is 0. The first-order valence-electron chi connectivity index (χ1n) is 9.76. The van der Waals surface area contributed by atoms with E-state index in [-0.39, 0.29) is 31.6 Å². The molecule has 3 aromatic rings. The number of aromatic nitrogens is 1. The Hall–Kier alpha value is -3.52. The summed E-state index contributed by atoms with van der Waals surface area (Å²) >= 11 is 5.91. The second-order valence-electron chi connectivity index (χ2n) is 7.35. The van der Waals surface area contributed by atoms with E-state index in [2.05, 4.69) is 10.5 Å². The molecule has 31 heavy (non-hydrogen) atoms. The number of fused-ring (bicyclic) bond motifs is 1. The predicted molar refractivity (Wildman–Crippen MR) is 112 cm³/mol. The van der Waals surface area contributed by atoms with Gasteiger partial charge in [0.2, 0.25) is 18.6 Å². The number of ether oxygens (including phenoxy) is 2. The van der Waals surface area contributed by atoms with Crippen LogP contribution in [0.15, 0.2) is 53.1 Å². The van der Waals surface area contributed by atoms with E-state index in [0.717, 1.165) is 11.3 Å². The van der Waals surface area contributed by atoms with Crippen molar-refractivity contribution < 1.29 is 23.6 Å². The molecule has 0 saturated carbocycles. The summed E-state index contributed by atoms with van der Waals surface area (Å²) in [6.45, 7) is 0.734. The van der Waals surface area contributed by atoms with Crippen LogP contribution in [0.25, 0.3) is 11.3 Å². The second-order valence-corrected chi connectivity index (χ2v) is 7.79. The minimum Gasteiger partial charge on any atom is -0.454 e. The molecule has 0 bridgehead atoms. The Bertz CT molecular complexity index is 1140. The number of hydrogen-bond acceptors (Lipinski definition) is 6. The number of halogens is 1. The molecule has 1 atom stereocenters. The standard InChI is InChI=1S/C22H18ClN3O5/c23-15-2-4-17(5-3-15)26-11-14(8-21(26)27)22(28)24-10-16-9-19(31-25-16)13-1-6-18-20(7-13)30-12-29-18/h1-7,9,14H,8,10-12H2,(H,24,28). The Morgan fingerprint density at radius 3 is 2.77 bits per heavy atom. The van der Waals surface area contributed by atoms with Gasteiger partial charge in [-0.15, -0.1) is 0 Å². The molecule has 158 valence electrons. The van der Waals surface area contributed by atoms with Gasteiger partial charge in [-0.05, 0) is 42.5 Å². The summed E-state index contributed by atoms with van der Waals surface area (Å²) in [5.74, 6) is 1.19. The molecule has 1 saturated heterocycles. The Morgan fingerprint density at radius 1 is 1.13 bits per heavy atom. The molecular weight excluding hydrogens is 422 g/mol. The zero-order valence-corrected chi connectivity index (χ0v) is 17.1. The molecule has 9 heteroatoms. The highest BCUT2D eigenvalue weighted by Gasteiger charge is 2.35. The molecule has 1 unspecified atom stereocenters. The zero-order valence-electron chi connectivity index (χ0n) is 16.3. The topological polar surface area (TPSA) is 93.9 Å². The Kier molecular flexibility index (Phi) is 4.99. The van der Waals surface area contributed by atoms with Crippen molar-refractivity contribution in [2.45, 2.75) is 13.0 Å². The SMILES string of the molecule is O=C(NCc1cc(-c2ccc3c(c2)OCO3)on1)C1CC(=O)N(c2ccc(Cl)cc2)C1. The molecular formula is C22H18ClN3O5. The Balaban J connectivity index is 1.19. The largest absolute Gasteiger partial charge is 0.454 e. The van der Waals surface area contributed by atoms with Crippen LogP contribution in [0.4, 0.5) is 5.69 Å². The number of benzene rings is 2. The van der Waals surface area contributed by atoms with Crippen molar-refractivity contribution in [2.75, 3.05) is 18.2 Å². The third-order valence-corrected chi connectivity index (χ3v) is 5.55. The number of anilines is 1. The summed E-state index contributed by atoms with van der Waals surface area (Å²) < 4.78 is 16.1. The van der Waals surface area contributed by atoms with E-state index in [1.54, 1.807) is 35.2 Å². The molecule has 0 aliphatic carbocycles. The highest BCUT2D eigenvalue weighted by Crippen LogP contribution is 2.36. The minimum atomic E-state index is -0.427. The molecule has 1 N–H and O–H groups in total. The van der Waals surface area contributed by atoms with Crippen molar-refractivity contribution in [1.82, 2.24) is 10.5 Å². The van der Waals surface area contributed by atoms with E-state index >= 15 is 0 Å². The van der Waals surface area contributed by atoms with Crippen molar-refractivity contribution in [3.05, 3.63) is 59.2 Å². The van der Waals surface area contributed by atoms with Crippen LogP contribution in [0, 0.1) is 5.92 Å². The average molecular weight is 440 g/mol. The zero-order chi connectivity index (χ0) is 21.4. The molecule has 0 radical (unpaired) electrons. The quantitative estimate of drug-likeness (QED) is 0.655. The molecule has 2 amide bonds. The van der Waals surface area contributed by atoms with Crippen LogP contribution in [0.3, 0.4) is 0 Å². The highest BCUT2D eigenvalue weighted by molar-refractivity contribution is 6.30. The number of hydrogen-bond donors (Lipinski definition) is 1. The van der Waals surface area contributed by atoms with Crippen LogP contribution in [-0.4, -0.2) is 30.3 Å². The van der Waals surface area contributed by atoms with Crippen molar-refractivity contribution in [1.29, 1.82) is 0 Å². The smallest absolute Gasteiger partial charge is 0.231 e. The summed E-state index contributed by atoms with van der Waals surface area (Å²) in [5.41, 5.74) is 2.11. The molecule has 5 rings (SSSR count). The number of rotatable bonds is 5. The van der Waals surface area contributed by atoms with Crippen LogP contribution < -0.4 is 19.7 Å². The van der Waals surface area contributed by atoms with Gasteiger partial charge in [0.15, 0.2) is 17.3 Å². The van der Waals surface area contributed by atoms with Crippen molar-refractivity contribution in [3.63, 3.8) is 0 Å². The van der Waals surface area contributed by atoms with Gasteiger partial charge in [-0.3, -0.25) is 9.59 Å². The van der Waals surface area contributed by atoms with E-state index in [0.29, 0.717) is 34.5 Å².